The third-order valence-corrected chi connectivity index (χ3v) is 6.80. The van der Waals surface area contributed by atoms with Gasteiger partial charge in [0, 0.05) is 32.5 Å². The average Bonchev–Trinajstić information content (AvgIpc) is 3.15. The van der Waals surface area contributed by atoms with Crippen molar-refractivity contribution in [3.05, 3.63) is 29.5 Å². The first kappa shape index (κ1) is 17.7. The number of hydrogen-bond acceptors (Lipinski definition) is 6. The zero-order valence-corrected chi connectivity index (χ0v) is 16.0. The molecule has 1 N–H and O–H groups in total. The molecule has 142 valence electrons. The quantitative estimate of drug-likeness (QED) is 0.824. The van der Waals surface area contributed by atoms with E-state index < -0.39 is 10.0 Å². The molecule has 26 heavy (non-hydrogen) atoms. The molecular formula is C17H25N5O3S. The number of aromatic amines is 1. The molecule has 0 spiro atoms. The smallest absolute Gasteiger partial charge is 0.275 e. The number of likely N-dealkylation sites (tertiary alicyclic amines) is 1. The van der Waals surface area contributed by atoms with Crippen molar-refractivity contribution in [1.29, 1.82) is 0 Å². The van der Waals surface area contributed by atoms with E-state index in [-0.39, 0.29) is 5.09 Å². The zero-order chi connectivity index (χ0) is 18.3. The van der Waals surface area contributed by atoms with E-state index in [1.807, 2.05) is 0 Å². The molecule has 2 aromatic rings. The van der Waals surface area contributed by atoms with Gasteiger partial charge in [0.1, 0.15) is 11.6 Å². The number of aromatic nitrogens is 3. The second-order valence-corrected chi connectivity index (χ2v) is 9.52. The van der Waals surface area contributed by atoms with Crippen LogP contribution in [0.15, 0.2) is 21.6 Å². The summed E-state index contributed by atoms with van der Waals surface area (Å²) in [6.45, 7) is 2.42. The Morgan fingerprint density at radius 2 is 2.08 bits per heavy atom. The Balaban J connectivity index is 1.41. The Kier molecular flexibility index (Phi) is 4.62. The van der Waals surface area contributed by atoms with E-state index in [0.29, 0.717) is 24.1 Å². The minimum atomic E-state index is -3.53. The van der Waals surface area contributed by atoms with Crippen molar-refractivity contribution in [3.63, 3.8) is 0 Å². The van der Waals surface area contributed by atoms with Gasteiger partial charge in [-0.2, -0.15) is 5.10 Å². The molecule has 0 radical (unpaired) electrons. The second-order valence-electron chi connectivity index (χ2n) is 7.44. The molecule has 0 amide bonds. The van der Waals surface area contributed by atoms with Gasteiger partial charge in [-0.1, -0.05) is 0 Å². The van der Waals surface area contributed by atoms with Gasteiger partial charge in [-0.3, -0.25) is 10.00 Å². The molecule has 0 unspecified atom stereocenters. The third kappa shape index (κ3) is 3.56. The van der Waals surface area contributed by atoms with Crippen LogP contribution in [0.4, 0.5) is 0 Å². The molecule has 1 aliphatic carbocycles. The minimum Gasteiger partial charge on any atom is -0.447 e. The highest BCUT2D eigenvalue weighted by molar-refractivity contribution is 7.88. The monoisotopic (exact) mass is 379 g/mol. The molecule has 1 aliphatic heterocycles. The maximum Gasteiger partial charge on any atom is 0.275 e. The number of nitrogens with one attached hydrogen (secondary N) is 1. The lowest BCUT2D eigenvalue weighted by Gasteiger charge is -2.30. The highest BCUT2D eigenvalue weighted by Crippen LogP contribution is 2.38. The van der Waals surface area contributed by atoms with Crippen molar-refractivity contribution < 1.29 is 12.8 Å². The zero-order valence-electron chi connectivity index (χ0n) is 15.2. The molecular weight excluding hydrogens is 354 g/mol. The Bertz CT molecular complexity index is 869. The Labute approximate surface area is 153 Å². The molecule has 3 heterocycles. The number of hydrogen-bond donors (Lipinski definition) is 1. The number of sulfonamides is 1. The summed E-state index contributed by atoms with van der Waals surface area (Å²) in [5, 5.41) is 7.51. The summed E-state index contributed by atoms with van der Waals surface area (Å²) >= 11 is 0. The third-order valence-electron chi connectivity index (χ3n) is 5.11. The van der Waals surface area contributed by atoms with E-state index in [2.05, 4.69) is 15.1 Å². The summed E-state index contributed by atoms with van der Waals surface area (Å²) in [4.78, 5) is 6.98. The average molecular weight is 379 g/mol. The molecule has 1 atom stereocenters. The van der Waals surface area contributed by atoms with Crippen LogP contribution in [0.1, 0.15) is 54.9 Å². The number of H-pyrrole nitrogens is 1. The SMILES string of the molecule is CN(C)S(=O)(=O)c1ccc(CN2CCC[C@@H](c3n[nH]c(C4CC4)n3)C2)o1. The Morgan fingerprint density at radius 1 is 1.27 bits per heavy atom. The number of rotatable bonds is 6. The number of furan rings is 1. The predicted octanol–water partition coefficient (Wildman–Crippen LogP) is 1.90. The largest absolute Gasteiger partial charge is 0.447 e. The van der Waals surface area contributed by atoms with Gasteiger partial charge in [0.15, 0.2) is 5.82 Å². The highest BCUT2D eigenvalue weighted by Gasteiger charge is 2.30. The summed E-state index contributed by atoms with van der Waals surface area (Å²) in [6, 6.07) is 3.28. The van der Waals surface area contributed by atoms with Crippen LogP contribution in [0.2, 0.25) is 0 Å². The number of piperidine rings is 1. The van der Waals surface area contributed by atoms with Gasteiger partial charge < -0.3 is 4.42 Å². The van der Waals surface area contributed by atoms with E-state index >= 15 is 0 Å². The predicted molar refractivity (Wildman–Crippen MR) is 95.2 cm³/mol. The Hall–Kier alpha value is -1.71. The number of nitrogens with zero attached hydrogens (tertiary/aromatic N) is 4. The van der Waals surface area contributed by atoms with Crippen LogP contribution < -0.4 is 0 Å². The summed E-state index contributed by atoms with van der Waals surface area (Å²) in [6.07, 6.45) is 4.57. The maximum absolute atomic E-state index is 12.1. The van der Waals surface area contributed by atoms with Crippen LogP contribution in [0.25, 0.3) is 0 Å². The summed E-state index contributed by atoms with van der Waals surface area (Å²) < 4.78 is 31.0. The summed E-state index contributed by atoms with van der Waals surface area (Å²) in [5.41, 5.74) is 0. The van der Waals surface area contributed by atoms with Crippen LogP contribution in [0, 0.1) is 0 Å². The molecule has 1 saturated heterocycles. The highest BCUT2D eigenvalue weighted by atomic mass is 32.2. The molecule has 9 heteroatoms. The van der Waals surface area contributed by atoms with E-state index in [9.17, 15) is 8.42 Å². The van der Waals surface area contributed by atoms with Gasteiger partial charge in [-0.15, -0.1) is 0 Å². The van der Waals surface area contributed by atoms with Gasteiger partial charge in [0.25, 0.3) is 10.0 Å². The minimum absolute atomic E-state index is 0.00546. The van der Waals surface area contributed by atoms with E-state index in [4.69, 9.17) is 9.40 Å². The van der Waals surface area contributed by atoms with Crippen molar-refractivity contribution in [2.45, 2.75) is 49.2 Å². The molecule has 0 bridgehead atoms. The topological polar surface area (TPSA) is 95.3 Å². The maximum atomic E-state index is 12.1. The van der Waals surface area contributed by atoms with Crippen LogP contribution in [-0.2, 0) is 16.6 Å². The summed E-state index contributed by atoms with van der Waals surface area (Å²) in [7, 11) is -0.527. The van der Waals surface area contributed by atoms with Crippen LogP contribution >= 0.6 is 0 Å². The molecule has 4 rings (SSSR count). The standard InChI is InChI=1S/C17H25N5O3S/c1-21(2)26(23,24)15-8-7-14(25-15)11-22-9-3-4-13(10-22)17-18-16(19-20-17)12-5-6-12/h7-8,12-13H,3-6,9-11H2,1-2H3,(H,18,19,20)/t13-/m1/s1. The van der Waals surface area contributed by atoms with Crippen molar-refractivity contribution in [1.82, 2.24) is 24.4 Å². The Morgan fingerprint density at radius 3 is 2.81 bits per heavy atom. The fourth-order valence-electron chi connectivity index (χ4n) is 3.40. The lowest BCUT2D eigenvalue weighted by Crippen LogP contribution is -2.34. The van der Waals surface area contributed by atoms with Gasteiger partial charge in [-0.25, -0.2) is 17.7 Å². The fraction of sp³-hybridized carbons (Fsp3) is 0.647. The van der Waals surface area contributed by atoms with Gasteiger partial charge >= 0.3 is 0 Å². The second kappa shape index (κ2) is 6.79. The molecule has 0 aromatic carbocycles. The summed E-state index contributed by atoms with van der Waals surface area (Å²) in [5.74, 6) is 3.50. The first-order chi connectivity index (χ1) is 12.4. The van der Waals surface area contributed by atoms with Gasteiger partial charge in [-0.05, 0) is 44.4 Å². The first-order valence-electron chi connectivity index (χ1n) is 9.09. The normalized spacial score (nSPS) is 22.2. The van der Waals surface area contributed by atoms with E-state index in [0.717, 1.165) is 41.9 Å². The lowest BCUT2D eigenvalue weighted by molar-refractivity contribution is 0.180. The van der Waals surface area contributed by atoms with Crippen molar-refractivity contribution in [2.75, 3.05) is 27.2 Å². The van der Waals surface area contributed by atoms with Crippen LogP contribution in [0.5, 0.6) is 0 Å². The molecule has 2 fully saturated rings. The molecule has 8 nitrogen and oxygen atoms in total. The fourth-order valence-corrected chi connectivity index (χ4v) is 4.21. The van der Waals surface area contributed by atoms with E-state index in [1.165, 1.54) is 33.0 Å². The molecule has 1 saturated carbocycles. The van der Waals surface area contributed by atoms with E-state index in [1.54, 1.807) is 6.07 Å². The van der Waals surface area contributed by atoms with Crippen LogP contribution in [-0.4, -0.2) is 60.0 Å². The van der Waals surface area contributed by atoms with Gasteiger partial charge in [0.05, 0.1) is 6.54 Å². The lowest BCUT2D eigenvalue weighted by atomic mass is 9.97. The van der Waals surface area contributed by atoms with Crippen molar-refractivity contribution in [3.8, 4) is 0 Å². The molecule has 2 aliphatic rings. The van der Waals surface area contributed by atoms with Gasteiger partial charge in [0.2, 0.25) is 5.09 Å². The van der Waals surface area contributed by atoms with Crippen LogP contribution in [0.3, 0.4) is 0 Å². The van der Waals surface area contributed by atoms with Crippen molar-refractivity contribution >= 4 is 10.0 Å². The first-order valence-corrected chi connectivity index (χ1v) is 10.5. The molecule has 2 aromatic heterocycles. The van der Waals surface area contributed by atoms with Crippen molar-refractivity contribution in [2.24, 2.45) is 0 Å².